The van der Waals surface area contributed by atoms with E-state index in [1.54, 1.807) is 28.4 Å². The minimum atomic E-state index is -0.576. The summed E-state index contributed by atoms with van der Waals surface area (Å²) in [7, 11) is 0. The van der Waals surface area contributed by atoms with Crippen molar-refractivity contribution in [3.63, 3.8) is 0 Å². The topological polar surface area (TPSA) is 108 Å². The normalized spacial score (nSPS) is 18.9. The number of rotatable bonds is 13. The Morgan fingerprint density at radius 3 is 2.52 bits per heavy atom. The highest BCUT2D eigenvalue weighted by atomic mass is 79.9. The number of phenolic OH excluding ortho intramolecular Hbond substituents is 1. The molecule has 3 aliphatic rings. The molecule has 0 spiro atoms. The van der Waals surface area contributed by atoms with E-state index in [1.807, 2.05) is 48.5 Å². The van der Waals surface area contributed by atoms with Crippen LogP contribution < -0.4 is 14.8 Å². The van der Waals surface area contributed by atoms with Crippen molar-refractivity contribution in [1.29, 1.82) is 0 Å². The number of hydrogen-bond donors (Lipinski definition) is 2. The average Bonchev–Trinajstić information content (AvgIpc) is 3.60. The number of aromatic hydroxyl groups is 1. The number of imide groups is 1. The summed E-state index contributed by atoms with van der Waals surface area (Å²) in [6.07, 6.45) is 8.84. The molecule has 0 radical (unpaired) electrons. The monoisotopic (exact) mass is 835 g/mol. The number of hydrogen-bond acceptors (Lipinski definition) is 8. The van der Waals surface area contributed by atoms with Gasteiger partial charge in [-0.25, -0.2) is 0 Å². The molecule has 9 nitrogen and oxygen atoms in total. The van der Waals surface area contributed by atoms with Crippen molar-refractivity contribution in [2.24, 2.45) is 5.92 Å². The first kappa shape index (κ1) is 38.2. The highest BCUT2D eigenvalue weighted by molar-refractivity contribution is 9.10. The van der Waals surface area contributed by atoms with Gasteiger partial charge < -0.3 is 19.5 Å². The zero-order valence-corrected chi connectivity index (χ0v) is 33.7. The fraction of sp³-hybridized carbons (Fsp3) is 0.356. The van der Waals surface area contributed by atoms with Crippen LogP contribution in [0.25, 0.3) is 20.5 Å². The van der Waals surface area contributed by atoms with Gasteiger partial charge in [0.15, 0.2) is 5.75 Å². The Kier molecular flexibility index (Phi) is 11.7. The molecule has 4 heterocycles. The first-order valence-electron chi connectivity index (χ1n) is 19.7. The molecule has 5 aromatic rings. The molecule has 4 aromatic carbocycles. The molecule has 2 atom stereocenters. The zero-order valence-electron chi connectivity index (χ0n) is 31.3. The van der Waals surface area contributed by atoms with Crippen LogP contribution in [0.15, 0.2) is 89.4 Å². The van der Waals surface area contributed by atoms with Gasteiger partial charge >= 0.3 is 0 Å². The summed E-state index contributed by atoms with van der Waals surface area (Å²) >= 11 is 5.13. The zero-order chi connectivity index (χ0) is 38.6. The predicted molar refractivity (Wildman–Crippen MR) is 222 cm³/mol. The third-order valence-electron chi connectivity index (χ3n) is 11.3. The van der Waals surface area contributed by atoms with Crippen molar-refractivity contribution in [3.8, 4) is 33.4 Å². The fourth-order valence-electron chi connectivity index (χ4n) is 8.25. The summed E-state index contributed by atoms with van der Waals surface area (Å²) in [6, 6.07) is 26.9. The lowest BCUT2D eigenvalue weighted by Crippen LogP contribution is -2.52. The van der Waals surface area contributed by atoms with Gasteiger partial charge in [-0.2, -0.15) is 0 Å². The van der Waals surface area contributed by atoms with Crippen LogP contribution >= 0.6 is 27.3 Å². The highest BCUT2D eigenvalue weighted by Crippen LogP contribution is 2.47. The lowest BCUT2D eigenvalue weighted by atomic mass is 9.93. The number of fused-ring (bicyclic) bond motifs is 2. The Bertz CT molecular complexity index is 2220. The van der Waals surface area contributed by atoms with Crippen LogP contribution in [0.3, 0.4) is 0 Å². The van der Waals surface area contributed by atoms with Crippen molar-refractivity contribution in [1.82, 2.24) is 15.1 Å². The highest BCUT2D eigenvalue weighted by Gasteiger charge is 2.39. The molecule has 2 N–H and O–H groups in total. The minimum Gasteiger partial charge on any atom is -0.508 e. The van der Waals surface area contributed by atoms with Crippen LogP contribution in [-0.4, -0.2) is 64.9 Å². The van der Waals surface area contributed by atoms with E-state index in [1.165, 1.54) is 37.7 Å². The Hall–Kier alpha value is -4.71. The van der Waals surface area contributed by atoms with Gasteiger partial charge in [-0.1, -0.05) is 53.0 Å². The second-order valence-corrected chi connectivity index (χ2v) is 17.1. The molecule has 3 aliphatic heterocycles. The van der Waals surface area contributed by atoms with Crippen molar-refractivity contribution < 1.29 is 29.0 Å². The number of ether oxygens (including phenoxy) is 2. The summed E-state index contributed by atoms with van der Waals surface area (Å²) < 4.78 is 14.6. The number of thiophene rings is 1. The number of nitrogens with zero attached hydrogens (tertiary/aromatic N) is 2. The van der Waals surface area contributed by atoms with Gasteiger partial charge in [-0.15, -0.1) is 11.3 Å². The first-order valence-corrected chi connectivity index (χ1v) is 21.3. The minimum absolute atomic E-state index is 0.116. The molecule has 11 heteroatoms. The number of carbonyl (C=O) groups excluding carboxylic acids is 3. The molecule has 0 bridgehead atoms. The molecule has 8 rings (SSSR count). The second kappa shape index (κ2) is 17.2. The average molecular weight is 837 g/mol. The van der Waals surface area contributed by atoms with E-state index in [0.29, 0.717) is 25.1 Å². The molecule has 2 unspecified atom stereocenters. The number of likely N-dealkylation sites (tertiary alicyclic amines) is 1. The van der Waals surface area contributed by atoms with E-state index in [4.69, 9.17) is 9.47 Å². The molecule has 56 heavy (non-hydrogen) atoms. The van der Waals surface area contributed by atoms with Crippen LogP contribution in [0, 0.1) is 5.92 Å². The molecule has 2 fully saturated rings. The third kappa shape index (κ3) is 8.80. The van der Waals surface area contributed by atoms with Crippen molar-refractivity contribution in [2.75, 3.05) is 26.2 Å². The molecule has 2 saturated heterocycles. The molecule has 1 aromatic heterocycles. The molecule has 3 amide bonds. The summed E-state index contributed by atoms with van der Waals surface area (Å²) in [6.45, 7) is 4.15. The predicted octanol–water partition coefficient (Wildman–Crippen LogP) is 9.48. The Balaban J connectivity index is 0.763. The molecule has 0 aliphatic carbocycles. The lowest BCUT2D eigenvalue weighted by Gasteiger charge is -2.29. The van der Waals surface area contributed by atoms with Crippen LogP contribution in [0.2, 0.25) is 0 Å². The van der Waals surface area contributed by atoms with Gasteiger partial charge in [-0.05, 0) is 135 Å². The second-order valence-electron chi connectivity index (χ2n) is 15.1. The van der Waals surface area contributed by atoms with Gasteiger partial charge in [0.05, 0.1) is 4.88 Å². The number of halogens is 1. The van der Waals surface area contributed by atoms with Gasteiger partial charge in [-0.3, -0.25) is 24.6 Å². The standard InChI is InChI=1S/C45H46BrN3O6S/c46-33-10-8-31(9-11-33)43-42(38-18-12-34(50)27-40(38)56-43)55-36-15-13-35(14-16-36)54-25-24-48-22-3-6-29(21-23-48)4-1-2-5-30-7-17-37-32(26-30)28-49(45(37)53)39-19-20-41(51)47-44(39)52/h7-18,26-27,29,39,50H,1-6,19-25,28H2,(H,47,51,52). The maximum absolute atomic E-state index is 13.0. The van der Waals surface area contributed by atoms with Crippen molar-refractivity contribution in [2.45, 2.75) is 70.4 Å². The Labute approximate surface area is 339 Å². The first-order chi connectivity index (χ1) is 27.3. The molecule has 290 valence electrons. The van der Waals surface area contributed by atoms with Crippen molar-refractivity contribution >= 4 is 55.1 Å². The van der Waals surface area contributed by atoms with Crippen LogP contribution in [0.5, 0.6) is 23.0 Å². The number of piperidine rings is 1. The number of unbranched alkanes of at least 4 members (excludes halogenated alkanes) is 1. The van der Waals surface area contributed by atoms with Gasteiger partial charge in [0, 0.05) is 39.6 Å². The van der Waals surface area contributed by atoms with Gasteiger partial charge in [0.1, 0.15) is 29.9 Å². The number of nitrogens with one attached hydrogen (secondary N) is 1. The Morgan fingerprint density at radius 2 is 1.70 bits per heavy atom. The molecule has 0 saturated carbocycles. The SMILES string of the molecule is O=C1CCC(N2Cc3cc(CCCCC4CCCN(CCOc5ccc(Oc6c(-c7ccc(Br)cc7)sc7cc(O)ccc67)cc5)CC4)ccc3C2=O)C(=O)N1. The summed E-state index contributed by atoms with van der Waals surface area (Å²) in [4.78, 5) is 42.1. The largest absolute Gasteiger partial charge is 0.508 e. The number of phenols is 1. The van der Waals surface area contributed by atoms with E-state index in [-0.39, 0.29) is 29.9 Å². The van der Waals surface area contributed by atoms with Crippen molar-refractivity contribution in [3.05, 3.63) is 106 Å². The summed E-state index contributed by atoms with van der Waals surface area (Å²) in [5.74, 6) is 2.54. The summed E-state index contributed by atoms with van der Waals surface area (Å²) in [5.41, 5.74) is 3.94. The van der Waals surface area contributed by atoms with Gasteiger partial charge in [0.2, 0.25) is 11.8 Å². The lowest BCUT2D eigenvalue weighted by molar-refractivity contribution is -0.136. The maximum atomic E-state index is 13.0. The van der Waals surface area contributed by atoms with Crippen LogP contribution in [-0.2, 0) is 22.6 Å². The number of amides is 3. The Morgan fingerprint density at radius 1 is 0.875 bits per heavy atom. The maximum Gasteiger partial charge on any atom is 0.255 e. The van der Waals surface area contributed by atoms with E-state index < -0.39 is 6.04 Å². The van der Waals surface area contributed by atoms with E-state index in [9.17, 15) is 19.5 Å². The fourth-order valence-corrected chi connectivity index (χ4v) is 9.68. The molecular weight excluding hydrogens is 790 g/mol. The van der Waals surface area contributed by atoms with E-state index in [0.717, 1.165) is 86.2 Å². The number of aryl methyl sites for hydroxylation is 1. The van der Waals surface area contributed by atoms with Gasteiger partial charge in [0.25, 0.3) is 5.91 Å². The van der Waals surface area contributed by atoms with E-state index in [2.05, 4.69) is 50.4 Å². The summed E-state index contributed by atoms with van der Waals surface area (Å²) in [5, 5.41) is 13.4. The van der Waals surface area contributed by atoms with Crippen LogP contribution in [0.1, 0.15) is 72.9 Å². The number of benzene rings is 4. The van der Waals surface area contributed by atoms with E-state index >= 15 is 0 Å². The molecular formula is C45H46BrN3O6S. The third-order valence-corrected chi connectivity index (χ3v) is 13.0. The quantitative estimate of drug-likeness (QED) is 0.0899. The smallest absolute Gasteiger partial charge is 0.255 e. The number of carbonyl (C=O) groups is 3. The van der Waals surface area contributed by atoms with Crippen LogP contribution in [0.4, 0.5) is 0 Å².